The fourth-order valence-electron chi connectivity index (χ4n) is 1.43. The number of nitrogens with zero attached hydrogens (tertiary/aromatic N) is 2. The van der Waals surface area contributed by atoms with Crippen LogP contribution in [-0.4, -0.2) is 22.3 Å². The molecule has 0 aromatic carbocycles. The van der Waals surface area contributed by atoms with Crippen molar-refractivity contribution < 1.29 is 4.79 Å². The first kappa shape index (κ1) is 9.93. The van der Waals surface area contributed by atoms with Crippen molar-refractivity contribution in [3.63, 3.8) is 0 Å². The third-order valence-corrected chi connectivity index (χ3v) is 2.88. The van der Waals surface area contributed by atoms with Gasteiger partial charge in [-0.25, -0.2) is 4.98 Å². The Morgan fingerprint density at radius 3 is 2.93 bits per heavy atom. The summed E-state index contributed by atoms with van der Waals surface area (Å²) in [6, 6.07) is 5.27. The Morgan fingerprint density at radius 1 is 1.57 bits per heavy atom. The molecule has 14 heavy (non-hydrogen) atoms. The predicted octanol–water partition coefficient (Wildman–Crippen LogP) is 2.24. The number of rotatable bonds is 1. The Labute approximate surface area is 95.2 Å². The molecule has 1 saturated heterocycles. The highest BCUT2D eigenvalue weighted by atomic mass is 79.9. The van der Waals surface area contributed by atoms with Crippen molar-refractivity contribution in [2.75, 3.05) is 11.4 Å². The van der Waals surface area contributed by atoms with Gasteiger partial charge in [0, 0.05) is 17.8 Å². The summed E-state index contributed by atoms with van der Waals surface area (Å²) in [5.74, 6) is 0.714. The zero-order valence-electron chi connectivity index (χ0n) is 7.28. The Kier molecular flexibility index (Phi) is 2.74. The molecule has 1 aliphatic heterocycles. The molecule has 1 amide bonds. The van der Waals surface area contributed by atoms with Crippen molar-refractivity contribution in [1.29, 1.82) is 0 Å². The number of carbonyl (C=O) groups excluding carboxylic acids is 1. The summed E-state index contributed by atoms with van der Waals surface area (Å²) >= 11 is 9.16. The van der Waals surface area contributed by atoms with Crippen molar-refractivity contribution in [2.45, 2.75) is 11.2 Å². The Balaban J connectivity index is 2.27. The number of halogens is 2. The molecule has 1 aromatic heterocycles. The van der Waals surface area contributed by atoms with Crippen LogP contribution in [0, 0.1) is 0 Å². The molecule has 0 N–H and O–H groups in total. The second-order valence-electron chi connectivity index (χ2n) is 3.12. The van der Waals surface area contributed by atoms with Gasteiger partial charge >= 0.3 is 0 Å². The molecular weight excluding hydrogens is 267 g/mol. The minimum Gasteiger partial charge on any atom is -0.296 e. The fraction of sp³-hybridized carbons (Fsp3) is 0.333. The molecule has 1 unspecified atom stereocenters. The highest BCUT2D eigenvalue weighted by molar-refractivity contribution is 9.09. The van der Waals surface area contributed by atoms with Gasteiger partial charge in [-0.2, -0.15) is 0 Å². The lowest BCUT2D eigenvalue weighted by atomic mass is 10.4. The lowest BCUT2D eigenvalue weighted by Gasteiger charge is -2.14. The molecule has 0 bridgehead atoms. The lowest BCUT2D eigenvalue weighted by Crippen LogP contribution is -2.25. The largest absolute Gasteiger partial charge is 0.296 e. The van der Waals surface area contributed by atoms with Gasteiger partial charge in [-0.05, 0) is 12.1 Å². The van der Waals surface area contributed by atoms with Gasteiger partial charge in [-0.1, -0.05) is 33.6 Å². The van der Waals surface area contributed by atoms with Crippen LogP contribution < -0.4 is 4.90 Å². The molecule has 3 nitrogen and oxygen atoms in total. The van der Waals surface area contributed by atoms with E-state index >= 15 is 0 Å². The zero-order valence-corrected chi connectivity index (χ0v) is 9.62. The number of amides is 1. The van der Waals surface area contributed by atoms with Crippen LogP contribution in [-0.2, 0) is 4.79 Å². The highest BCUT2D eigenvalue weighted by Crippen LogP contribution is 2.24. The van der Waals surface area contributed by atoms with Gasteiger partial charge in [0.05, 0.1) is 0 Å². The Hall–Kier alpha value is -0.610. The van der Waals surface area contributed by atoms with Crippen molar-refractivity contribution in [2.24, 2.45) is 0 Å². The van der Waals surface area contributed by atoms with Gasteiger partial charge < -0.3 is 0 Å². The molecule has 1 atom stereocenters. The van der Waals surface area contributed by atoms with E-state index in [0.29, 0.717) is 23.9 Å². The molecule has 2 rings (SSSR count). The van der Waals surface area contributed by atoms with Crippen molar-refractivity contribution in [3.05, 3.63) is 23.4 Å². The molecule has 0 saturated carbocycles. The smallest absolute Gasteiger partial charge is 0.229 e. The van der Waals surface area contributed by atoms with Gasteiger partial charge in [0.25, 0.3) is 0 Å². The molecule has 0 radical (unpaired) electrons. The monoisotopic (exact) mass is 274 g/mol. The van der Waals surface area contributed by atoms with Gasteiger partial charge in [0.15, 0.2) is 0 Å². The highest BCUT2D eigenvalue weighted by Gasteiger charge is 2.29. The van der Waals surface area contributed by atoms with Crippen LogP contribution in [0.5, 0.6) is 0 Å². The summed E-state index contributed by atoms with van der Waals surface area (Å²) in [5.41, 5.74) is 0. The van der Waals surface area contributed by atoms with E-state index in [1.807, 2.05) is 0 Å². The summed E-state index contributed by atoms with van der Waals surface area (Å²) in [4.78, 5) is 17.5. The van der Waals surface area contributed by atoms with Crippen molar-refractivity contribution in [3.8, 4) is 0 Å². The maximum atomic E-state index is 11.5. The first-order chi connectivity index (χ1) is 6.66. The quantitative estimate of drug-likeness (QED) is 0.582. The molecule has 1 aliphatic rings. The maximum absolute atomic E-state index is 11.5. The number of hydrogen-bond donors (Lipinski definition) is 0. The van der Waals surface area contributed by atoms with E-state index in [1.54, 1.807) is 23.1 Å². The van der Waals surface area contributed by atoms with Gasteiger partial charge in [-0.3, -0.25) is 9.69 Å². The van der Waals surface area contributed by atoms with Gasteiger partial charge in [0.2, 0.25) is 5.91 Å². The van der Waals surface area contributed by atoms with Gasteiger partial charge in [0.1, 0.15) is 11.0 Å². The van der Waals surface area contributed by atoms with Crippen LogP contribution in [0.4, 0.5) is 5.82 Å². The molecule has 2 heterocycles. The Morgan fingerprint density at radius 2 is 2.36 bits per heavy atom. The number of alkyl halides is 1. The van der Waals surface area contributed by atoms with E-state index in [9.17, 15) is 4.79 Å². The van der Waals surface area contributed by atoms with E-state index in [-0.39, 0.29) is 10.7 Å². The van der Waals surface area contributed by atoms with Crippen LogP contribution in [0.15, 0.2) is 18.2 Å². The summed E-state index contributed by atoms with van der Waals surface area (Å²) in [6.07, 6.45) is 0.522. The first-order valence-electron chi connectivity index (χ1n) is 4.24. The number of anilines is 1. The minimum absolute atomic E-state index is 0.0849. The van der Waals surface area contributed by atoms with E-state index in [1.165, 1.54) is 0 Å². The predicted molar refractivity (Wildman–Crippen MR) is 58.9 cm³/mol. The average Bonchev–Trinajstić information content (AvgIpc) is 2.45. The molecule has 1 aromatic rings. The molecule has 74 valence electrons. The third-order valence-electron chi connectivity index (χ3n) is 2.05. The number of aromatic nitrogens is 1. The topological polar surface area (TPSA) is 33.2 Å². The third kappa shape index (κ3) is 1.91. The lowest BCUT2D eigenvalue weighted by molar-refractivity contribution is -0.117. The van der Waals surface area contributed by atoms with Crippen LogP contribution in [0.3, 0.4) is 0 Å². The fourth-order valence-corrected chi connectivity index (χ4v) is 2.16. The summed E-state index contributed by atoms with van der Waals surface area (Å²) in [5, 5.41) is 0.410. The molecule has 5 heteroatoms. The minimum atomic E-state index is 0.0849. The van der Waals surface area contributed by atoms with E-state index in [4.69, 9.17) is 11.6 Å². The van der Waals surface area contributed by atoms with Crippen molar-refractivity contribution >= 4 is 39.3 Å². The van der Waals surface area contributed by atoms with E-state index in [0.717, 1.165) is 0 Å². The molecular formula is C9H8BrClN2O. The van der Waals surface area contributed by atoms with Crippen LogP contribution >= 0.6 is 27.5 Å². The summed E-state index contributed by atoms with van der Waals surface area (Å²) in [6.45, 7) is 0.659. The molecule has 0 spiro atoms. The number of hydrogen-bond acceptors (Lipinski definition) is 2. The number of carbonyl (C=O) groups is 1. The van der Waals surface area contributed by atoms with Gasteiger partial charge in [-0.15, -0.1) is 0 Å². The molecule has 0 aliphatic carbocycles. The van der Waals surface area contributed by atoms with E-state index in [2.05, 4.69) is 20.9 Å². The van der Waals surface area contributed by atoms with Crippen molar-refractivity contribution in [1.82, 2.24) is 4.98 Å². The summed E-state index contributed by atoms with van der Waals surface area (Å²) < 4.78 is 0. The second-order valence-corrected chi connectivity index (χ2v) is 4.81. The zero-order chi connectivity index (χ0) is 10.1. The Bertz CT molecular complexity index is 372. The van der Waals surface area contributed by atoms with Crippen LogP contribution in [0.2, 0.25) is 5.15 Å². The standard InChI is InChI=1S/C9H8BrClN2O/c10-6-4-9(14)13(5-6)8-3-1-2-7(11)12-8/h1-3,6H,4-5H2. The maximum Gasteiger partial charge on any atom is 0.229 e. The number of pyridine rings is 1. The van der Waals surface area contributed by atoms with E-state index < -0.39 is 0 Å². The van der Waals surface area contributed by atoms with Crippen LogP contribution in [0.1, 0.15) is 6.42 Å². The average molecular weight is 276 g/mol. The summed E-state index contributed by atoms with van der Waals surface area (Å²) in [7, 11) is 0. The normalized spacial score (nSPS) is 21.7. The SMILES string of the molecule is O=C1CC(Br)CN1c1cccc(Cl)n1. The second kappa shape index (κ2) is 3.87. The molecule has 1 fully saturated rings. The first-order valence-corrected chi connectivity index (χ1v) is 5.53. The van der Waals surface area contributed by atoms with Crippen LogP contribution in [0.25, 0.3) is 0 Å².